The third-order valence-corrected chi connectivity index (χ3v) is 2.85. The predicted molar refractivity (Wildman–Crippen MR) is 71.4 cm³/mol. The van der Waals surface area contributed by atoms with Gasteiger partial charge < -0.3 is 10.2 Å². The second-order valence-electron chi connectivity index (χ2n) is 4.36. The summed E-state index contributed by atoms with van der Waals surface area (Å²) < 4.78 is 19.2. The van der Waals surface area contributed by atoms with E-state index in [1.165, 1.54) is 6.07 Å². The molecule has 1 heterocycles. The highest BCUT2D eigenvalue weighted by Gasteiger charge is 2.08. The van der Waals surface area contributed by atoms with E-state index in [9.17, 15) is 4.39 Å². The van der Waals surface area contributed by atoms with E-state index >= 15 is 0 Å². The molecule has 0 radical (unpaired) electrons. The van der Waals surface area contributed by atoms with Crippen LogP contribution >= 0.6 is 0 Å². The van der Waals surface area contributed by atoms with Gasteiger partial charge >= 0.3 is 0 Å². The minimum Gasteiger partial charge on any atom is -0.457 e. The van der Waals surface area contributed by atoms with Crippen LogP contribution in [0.2, 0.25) is 0 Å². The van der Waals surface area contributed by atoms with Gasteiger partial charge in [0.25, 0.3) is 0 Å². The summed E-state index contributed by atoms with van der Waals surface area (Å²) in [5, 5.41) is 0. The molecule has 94 valence electrons. The van der Waals surface area contributed by atoms with Gasteiger partial charge in [-0.05, 0) is 44.2 Å². The highest BCUT2D eigenvalue weighted by atomic mass is 19.1. The van der Waals surface area contributed by atoms with Crippen molar-refractivity contribution in [2.45, 2.75) is 19.9 Å². The van der Waals surface area contributed by atoms with Gasteiger partial charge in [-0.3, -0.25) is 0 Å². The monoisotopic (exact) mass is 245 g/mol. The van der Waals surface area contributed by atoms with Crippen LogP contribution in [0.1, 0.15) is 19.6 Å². The van der Waals surface area contributed by atoms with Crippen molar-refractivity contribution in [1.82, 2.24) is 0 Å². The van der Waals surface area contributed by atoms with Crippen molar-refractivity contribution in [1.29, 1.82) is 0 Å². The molecule has 0 aliphatic carbocycles. The van der Waals surface area contributed by atoms with Gasteiger partial charge in [-0.2, -0.15) is 0 Å². The molecule has 0 bridgehead atoms. The summed E-state index contributed by atoms with van der Waals surface area (Å²) in [5.41, 5.74) is 7.24. The third kappa shape index (κ3) is 2.68. The van der Waals surface area contributed by atoms with Crippen LogP contribution in [0.15, 0.2) is 46.4 Å². The molecule has 2 nitrogen and oxygen atoms in total. The van der Waals surface area contributed by atoms with Crippen LogP contribution in [0.25, 0.3) is 17.4 Å². The number of benzene rings is 1. The lowest BCUT2D eigenvalue weighted by Gasteiger charge is -2.03. The van der Waals surface area contributed by atoms with E-state index in [-0.39, 0.29) is 11.9 Å². The number of nitrogens with two attached hydrogens (primary N) is 1. The molecule has 0 spiro atoms. The Balaban J connectivity index is 2.32. The van der Waals surface area contributed by atoms with Gasteiger partial charge in [0.2, 0.25) is 0 Å². The standard InChI is InChI=1S/C15H16FNO/c1-10(11(2)17)9-12-7-8-15(18-12)13-5-3-4-6-14(13)16/h3-9,11H,17H2,1-2H3/b10-9+. The first-order valence-corrected chi connectivity index (χ1v) is 5.86. The Labute approximate surface area is 106 Å². The van der Waals surface area contributed by atoms with Gasteiger partial charge in [0.05, 0.1) is 5.56 Å². The summed E-state index contributed by atoms with van der Waals surface area (Å²) in [5.74, 6) is 0.922. The topological polar surface area (TPSA) is 39.2 Å². The van der Waals surface area contributed by atoms with Crippen LogP contribution in [0, 0.1) is 5.82 Å². The van der Waals surface area contributed by atoms with E-state index in [1.807, 2.05) is 26.0 Å². The van der Waals surface area contributed by atoms with E-state index in [1.54, 1.807) is 24.3 Å². The summed E-state index contributed by atoms with van der Waals surface area (Å²) >= 11 is 0. The van der Waals surface area contributed by atoms with E-state index in [2.05, 4.69) is 0 Å². The van der Waals surface area contributed by atoms with Crippen LogP contribution in [-0.4, -0.2) is 6.04 Å². The van der Waals surface area contributed by atoms with E-state index in [0.29, 0.717) is 17.1 Å². The molecule has 0 amide bonds. The molecular formula is C15H16FNO. The quantitative estimate of drug-likeness (QED) is 0.892. The zero-order valence-corrected chi connectivity index (χ0v) is 10.5. The average molecular weight is 245 g/mol. The molecule has 0 aliphatic heterocycles. The summed E-state index contributed by atoms with van der Waals surface area (Å²) in [7, 11) is 0. The number of halogens is 1. The van der Waals surface area contributed by atoms with E-state index in [0.717, 1.165) is 5.57 Å². The Bertz CT molecular complexity index is 569. The maximum Gasteiger partial charge on any atom is 0.137 e. The fourth-order valence-corrected chi connectivity index (χ4v) is 1.59. The first-order chi connectivity index (χ1) is 8.58. The molecule has 2 aromatic rings. The Kier molecular flexibility index (Phi) is 3.63. The summed E-state index contributed by atoms with van der Waals surface area (Å²) in [6.45, 7) is 3.85. The smallest absolute Gasteiger partial charge is 0.137 e. The van der Waals surface area contributed by atoms with Crippen LogP contribution in [0.4, 0.5) is 4.39 Å². The van der Waals surface area contributed by atoms with Gasteiger partial charge in [-0.25, -0.2) is 4.39 Å². The molecule has 1 unspecified atom stereocenters. The number of furan rings is 1. The van der Waals surface area contributed by atoms with Crippen molar-refractivity contribution >= 4 is 6.08 Å². The maximum absolute atomic E-state index is 13.6. The largest absolute Gasteiger partial charge is 0.457 e. The molecule has 2 rings (SSSR count). The highest BCUT2D eigenvalue weighted by Crippen LogP contribution is 2.25. The molecule has 18 heavy (non-hydrogen) atoms. The third-order valence-electron chi connectivity index (χ3n) is 2.85. The van der Waals surface area contributed by atoms with Gasteiger partial charge in [-0.15, -0.1) is 0 Å². The number of hydrogen-bond donors (Lipinski definition) is 1. The second kappa shape index (κ2) is 5.19. The lowest BCUT2D eigenvalue weighted by atomic mass is 10.1. The Morgan fingerprint density at radius 3 is 2.67 bits per heavy atom. The van der Waals surface area contributed by atoms with Crippen LogP contribution < -0.4 is 5.73 Å². The number of hydrogen-bond acceptors (Lipinski definition) is 2. The Hall–Kier alpha value is -1.87. The first-order valence-electron chi connectivity index (χ1n) is 5.86. The molecule has 0 saturated heterocycles. The molecule has 0 aliphatic rings. The first kappa shape index (κ1) is 12.6. The van der Waals surface area contributed by atoms with Crippen molar-refractivity contribution in [3.05, 3.63) is 53.5 Å². The normalized spacial score (nSPS) is 13.7. The maximum atomic E-state index is 13.6. The SMILES string of the molecule is C/C(=C\c1ccc(-c2ccccc2F)o1)C(C)N. The Morgan fingerprint density at radius 2 is 2.00 bits per heavy atom. The highest BCUT2D eigenvalue weighted by molar-refractivity contribution is 5.61. The van der Waals surface area contributed by atoms with Gasteiger partial charge in [0.1, 0.15) is 17.3 Å². The van der Waals surface area contributed by atoms with Crippen molar-refractivity contribution in [3.8, 4) is 11.3 Å². The summed E-state index contributed by atoms with van der Waals surface area (Å²) in [6, 6.07) is 10.1. The fourth-order valence-electron chi connectivity index (χ4n) is 1.59. The van der Waals surface area contributed by atoms with Crippen LogP contribution in [0.3, 0.4) is 0 Å². The molecule has 1 atom stereocenters. The second-order valence-corrected chi connectivity index (χ2v) is 4.36. The lowest BCUT2D eigenvalue weighted by molar-refractivity contribution is 0.560. The molecule has 1 aromatic carbocycles. The minimum absolute atomic E-state index is 0.0213. The summed E-state index contributed by atoms with van der Waals surface area (Å²) in [4.78, 5) is 0. The lowest BCUT2D eigenvalue weighted by Crippen LogP contribution is -2.15. The van der Waals surface area contributed by atoms with Crippen molar-refractivity contribution in [2.75, 3.05) is 0 Å². The summed E-state index contributed by atoms with van der Waals surface area (Å²) in [6.07, 6.45) is 1.87. The predicted octanol–water partition coefficient (Wildman–Crippen LogP) is 3.84. The molecule has 1 aromatic heterocycles. The van der Waals surface area contributed by atoms with Crippen molar-refractivity contribution in [3.63, 3.8) is 0 Å². The zero-order chi connectivity index (χ0) is 13.1. The van der Waals surface area contributed by atoms with Crippen molar-refractivity contribution in [2.24, 2.45) is 5.73 Å². The number of rotatable bonds is 3. The molecule has 0 saturated carbocycles. The average Bonchev–Trinajstić information content (AvgIpc) is 2.77. The van der Waals surface area contributed by atoms with Crippen LogP contribution in [0.5, 0.6) is 0 Å². The van der Waals surface area contributed by atoms with E-state index in [4.69, 9.17) is 10.2 Å². The van der Waals surface area contributed by atoms with Gasteiger partial charge in [0.15, 0.2) is 0 Å². The van der Waals surface area contributed by atoms with Crippen LogP contribution in [-0.2, 0) is 0 Å². The van der Waals surface area contributed by atoms with Gasteiger partial charge in [-0.1, -0.05) is 17.7 Å². The molecule has 2 N–H and O–H groups in total. The fraction of sp³-hybridized carbons (Fsp3) is 0.200. The van der Waals surface area contributed by atoms with Gasteiger partial charge in [0, 0.05) is 6.04 Å². The Morgan fingerprint density at radius 1 is 1.28 bits per heavy atom. The van der Waals surface area contributed by atoms with E-state index < -0.39 is 0 Å². The zero-order valence-electron chi connectivity index (χ0n) is 10.5. The molecular weight excluding hydrogens is 229 g/mol. The minimum atomic E-state index is -0.286. The molecule has 3 heteroatoms. The molecule has 0 fully saturated rings. The van der Waals surface area contributed by atoms with Crippen molar-refractivity contribution < 1.29 is 8.81 Å².